The smallest absolute Gasteiger partial charge is 0.280 e. The number of fused-ring (bicyclic) bond motifs is 2. The summed E-state index contributed by atoms with van der Waals surface area (Å²) < 4.78 is 29.9. The molecule has 1 unspecified atom stereocenters. The predicted molar refractivity (Wildman–Crippen MR) is 224 cm³/mol. The number of aromatic nitrogens is 4. The Kier molecular flexibility index (Phi) is 11.1. The molecule has 3 fully saturated rings. The summed E-state index contributed by atoms with van der Waals surface area (Å²) in [5.74, 6) is 0.588. The van der Waals surface area contributed by atoms with Crippen LogP contribution in [0.4, 0.5) is 5.95 Å². The second kappa shape index (κ2) is 15.2. The van der Waals surface area contributed by atoms with E-state index in [1.165, 1.54) is 15.9 Å². The fraction of sp³-hybridized carbons (Fsp3) is 0.487. The average Bonchev–Trinajstić information content (AvgIpc) is 3.80. The third-order valence-corrected chi connectivity index (χ3v) is 21.7. The van der Waals surface area contributed by atoms with Crippen molar-refractivity contribution in [2.75, 3.05) is 20.7 Å². The molecule has 7 atom stereocenters. The highest BCUT2D eigenvalue weighted by molar-refractivity contribution is 8.68. The van der Waals surface area contributed by atoms with Crippen LogP contribution in [0.5, 0.6) is 0 Å². The molecular weight excluding hydrogens is 756 g/mol. The van der Waals surface area contributed by atoms with Crippen molar-refractivity contribution in [3.63, 3.8) is 0 Å². The molecule has 7 rings (SSSR count). The zero-order valence-corrected chi connectivity index (χ0v) is 35.6. The van der Waals surface area contributed by atoms with Crippen molar-refractivity contribution in [2.45, 2.75) is 94.6 Å². The molecule has 54 heavy (non-hydrogen) atoms. The molecule has 288 valence electrons. The Bertz CT molecular complexity index is 2090. The normalized spacial score (nSPS) is 28.8. The SMILES string of the molecule is C=C(C)[C@H]1CC[C@@]2(C)SP(=S)(O[C@H]3C[C@H](n4cnc5c(=O)[nH]c(/N=C\N(C)C)nc54)O[C@@H]3CO[Si](c3ccccc3)(c3ccccc3)C(C)(C)C)O[C@@H]2C1. The summed E-state index contributed by atoms with van der Waals surface area (Å²) in [5.41, 5.74) is -1.41. The van der Waals surface area contributed by atoms with Crippen molar-refractivity contribution in [2.24, 2.45) is 10.9 Å². The van der Waals surface area contributed by atoms with Gasteiger partial charge in [0.15, 0.2) is 11.2 Å². The standard InChI is InChI=1S/C39H51N6O5PS2Si/c1-26(2)27-19-20-39(6)32(21-27)50-51(52,53-39)49-30-22-33(45-25-40-34-35(45)42-37(43-36(34)46)41-24-44(7)8)48-31(30)23-47-54(38(3,4)5,28-15-11-9-12-16-28)29-17-13-10-14-18-29/h9-18,24-25,27,30-33H,1,19-23H2,2-8H3,(H,42,43,46)/b41-24-/t27-,30-,31+,32+,33+,39+,51?/m0/s1. The molecule has 11 nitrogen and oxygen atoms in total. The van der Waals surface area contributed by atoms with E-state index in [0.29, 0.717) is 18.0 Å². The van der Waals surface area contributed by atoms with E-state index in [0.717, 1.165) is 19.3 Å². The molecule has 0 bridgehead atoms. The summed E-state index contributed by atoms with van der Waals surface area (Å²) in [6.07, 6.45) is 5.03. The molecule has 15 heteroatoms. The second-order valence-corrected chi connectivity index (χ2v) is 27.0. The van der Waals surface area contributed by atoms with E-state index in [1.54, 1.807) is 33.5 Å². The minimum atomic E-state index is -2.92. The summed E-state index contributed by atoms with van der Waals surface area (Å²) in [6.45, 7) is 15.7. The lowest BCUT2D eigenvalue weighted by Crippen LogP contribution is -2.67. The van der Waals surface area contributed by atoms with E-state index in [1.807, 2.05) is 26.2 Å². The van der Waals surface area contributed by atoms with Gasteiger partial charge >= 0.3 is 0 Å². The maximum Gasteiger partial charge on any atom is 0.280 e. The van der Waals surface area contributed by atoms with E-state index in [4.69, 9.17) is 30.0 Å². The van der Waals surface area contributed by atoms with Crippen LogP contribution in [0.3, 0.4) is 0 Å². The van der Waals surface area contributed by atoms with Gasteiger partial charge < -0.3 is 23.1 Å². The molecule has 1 saturated carbocycles. The molecule has 2 saturated heterocycles. The number of nitrogens with one attached hydrogen (secondary N) is 1. The number of ether oxygens (including phenoxy) is 1. The molecule has 0 spiro atoms. The van der Waals surface area contributed by atoms with E-state index in [9.17, 15) is 4.79 Å². The van der Waals surface area contributed by atoms with Crippen LogP contribution in [0.25, 0.3) is 11.2 Å². The number of allylic oxidation sites excluding steroid dienone is 1. The summed E-state index contributed by atoms with van der Waals surface area (Å²) in [6, 6.07) is 21.1. The van der Waals surface area contributed by atoms with Gasteiger partial charge in [0.2, 0.25) is 11.6 Å². The minimum absolute atomic E-state index is 0.0108. The van der Waals surface area contributed by atoms with Gasteiger partial charge in [-0.15, -0.1) is 0 Å². The average molecular weight is 807 g/mol. The highest BCUT2D eigenvalue weighted by Crippen LogP contribution is 2.76. The number of hydrogen-bond donors (Lipinski definition) is 1. The fourth-order valence-corrected chi connectivity index (χ4v) is 20.2. The van der Waals surface area contributed by atoms with Crippen molar-refractivity contribution in [3.05, 3.63) is 89.5 Å². The number of hydrogen-bond acceptors (Lipinski definition) is 10. The lowest BCUT2D eigenvalue weighted by atomic mass is 9.77. The van der Waals surface area contributed by atoms with Gasteiger partial charge in [-0.3, -0.25) is 14.3 Å². The largest absolute Gasteiger partial charge is 0.405 e. The predicted octanol–water partition coefficient (Wildman–Crippen LogP) is 7.08. The zero-order valence-electron chi connectivity index (χ0n) is 32.1. The summed E-state index contributed by atoms with van der Waals surface area (Å²) in [7, 11) is 0.772. The first-order valence-corrected chi connectivity index (χ1v) is 24.5. The number of benzene rings is 2. The zero-order chi connectivity index (χ0) is 38.5. The first-order chi connectivity index (χ1) is 25.6. The highest BCUT2D eigenvalue weighted by atomic mass is 32.9. The van der Waals surface area contributed by atoms with Crippen LogP contribution >= 0.6 is 17.1 Å². The van der Waals surface area contributed by atoms with Gasteiger partial charge in [-0.1, -0.05) is 105 Å². The van der Waals surface area contributed by atoms with Gasteiger partial charge in [0, 0.05) is 25.3 Å². The number of rotatable bonds is 11. The van der Waals surface area contributed by atoms with Crippen LogP contribution in [-0.4, -0.2) is 82.8 Å². The second-order valence-electron chi connectivity index (χ2n) is 16.2. The van der Waals surface area contributed by atoms with Crippen molar-refractivity contribution in [3.8, 4) is 0 Å². The Balaban J connectivity index is 1.25. The molecule has 2 aliphatic heterocycles. The van der Waals surface area contributed by atoms with Crippen LogP contribution in [0.15, 0.2) is 88.9 Å². The Morgan fingerprint density at radius 2 is 1.85 bits per heavy atom. The summed E-state index contributed by atoms with van der Waals surface area (Å²) in [4.78, 5) is 31.1. The highest BCUT2D eigenvalue weighted by Gasteiger charge is 2.56. The maximum atomic E-state index is 13.1. The fourth-order valence-electron chi connectivity index (χ4n) is 8.06. The van der Waals surface area contributed by atoms with E-state index >= 15 is 0 Å². The molecular formula is C39H51N6O5PS2Si. The molecule has 4 heterocycles. The van der Waals surface area contributed by atoms with E-state index < -0.39 is 32.4 Å². The molecule has 1 aliphatic carbocycles. The van der Waals surface area contributed by atoms with Gasteiger partial charge in [-0.05, 0) is 66.2 Å². The summed E-state index contributed by atoms with van der Waals surface area (Å²) in [5, 5.41) is 2.12. The van der Waals surface area contributed by atoms with Crippen LogP contribution in [0.2, 0.25) is 5.04 Å². The first-order valence-electron chi connectivity index (χ1n) is 18.5. The number of aliphatic imine (C=N–C) groups is 1. The molecule has 1 N–H and O–H groups in total. The van der Waals surface area contributed by atoms with E-state index in [-0.39, 0.29) is 39.5 Å². The van der Waals surface area contributed by atoms with Gasteiger partial charge in [-0.2, -0.15) is 4.98 Å². The number of aromatic amines is 1. The third kappa shape index (κ3) is 7.60. The molecule has 3 aliphatic rings. The third-order valence-electron chi connectivity index (χ3n) is 10.9. The van der Waals surface area contributed by atoms with Gasteiger partial charge in [0.1, 0.15) is 12.3 Å². The van der Waals surface area contributed by atoms with Crippen LogP contribution in [0, 0.1) is 5.92 Å². The van der Waals surface area contributed by atoms with Crippen LogP contribution in [0.1, 0.15) is 66.5 Å². The molecule has 0 radical (unpaired) electrons. The Morgan fingerprint density at radius 3 is 2.46 bits per heavy atom. The monoisotopic (exact) mass is 806 g/mol. The van der Waals surface area contributed by atoms with Gasteiger partial charge in [0.25, 0.3) is 13.9 Å². The number of imidazole rings is 1. The van der Waals surface area contributed by atoms with Gasteiger partial charge in [-0.25, -0.2) is 9.98 Å². The number of nitrogens with zero attached hydrogens (tertiary/aromatic N) is 5. The van der Waals surface area contributed by atoms with Crippen LogP contribution < -0.4 is 15.9 Å². The molecule has 4 aromatic rings. The van der Waals surface area contributed by atoms with Crippen LogP contribution in [-0.2, 0) is 30.0 Å². The molecule has 2 aromatic carbocycles. The van der Waals surface area contributed by atoms with E-state index in [2.05, 4.69) is 110 Å². The lowest BCUT2D eigenvalue weighted by Gasteiger charge is -2.43. The topological polar surface area (TPSA) is 116 Å². The number of H-pyrrole nitrogens is 1. The minimum Gasteiger partial charge on any atom is -0.405 e. The van der Waals surface area contributed by atoms with Gasteiger partial charge in [0.05, 0.1) is 31.5 Å². The van der Waals surface area contributed by atoms with Crippen molar-refractivity contribution in [1.29, 1.82) is 0 Å². The Hall–Kier alpha value is -2.94. The lowest BCUT2D eigenvalue weighted by molar-refractivity contribution is -0.0364. The quantitative estimate of drug-likeness (QED) is 0.0555. The Morgan fingerprint density at radius 1 is 1.19 bits per heavy atom. The van der Waals surface area contributed by atoms with Crippen molar-refractivity contribution >= 4 is 71.0 Å². The molecule has 2 aromatic heterocycles. The van der Waals surface area contributed by atoms with Crippen molar-refractivity contribution in [1.82, 2.24) is 24.4 Å². The maximum absolute atomic E-state index is 13.1. The Labute approximate surface area is 328 Å². The van der Waals surface area contributed by atoms with Crippen molar-refractivity contribution < 1.29 is 18.2 Å². The summed E-state index contributed by atoms with van der Waals surface area (Å²) >= 11 is 8.04. The molecule has 0 amide bonds. The first kappa shape index (κ1) is 39.3.